The number of hydrogen-bond donors (Lipinski definition) is 4. The Bertz CT molecular complexity index is 770. The van der Waals surface area contributed by atoms with E-state index in [1.807, 2.05) is 25.2 Å². The van der Waals surface area contributed by atoms with E-state index >= 15 is 0 Å². The molecule has 0 spiro atoms. The van der Waals surface area contributed by atoms with E-state index in [-0.39, 0.29) is 5.96 Å². The normalized spacial score (nSPS) is 10.7. The fraction of sp³-hybridized carbons (Fsp3) is 0.250. The van der Waals surface area contributed by atoms with E-state index in [2.05, 4.69) is 15.6 Å². The topological polar surface area (TPSA) is 153 Å². The van der Waals surface area contributed by atoms with Crippen LogP contribution in [0.2, 0.25) is 0 Å². The van der Waals surface area contributed by atoms with Gasteiger partial charge in [-0.1, -0.05) is 0 Å². The molecule has 0 aliphatic rings. The van der Waals surface area contributed by atoms with Crippen LogP contribution >= 0.6 is 0 Å². The van der Waals surface area contributed by atoms with E-state index in [9.17, 15) is 0 Å². The number of aromatic nitrogens is 1. The average Bonchev–Trinajstić information content (AvgIpc) is 2.70. The molecule has 2 aromatic rings. The van der Waals surface area contributed by atoms with Crippen molar-refractivity contribution in [2.45, 2.75) is 6.54 Å². The van der Waals surface area contributed by atoms with Crippen molar-refractivity contribution in [3.63, 3.8) is 0 Å². The van der Waals surface area contributed by atoms with Crippen LogP contribution < -0.4 is 16.2 Å². The molecule has 0 saturated carbocycles. The molecule has 1 aromatic heterocycles. The Kier molecular flexibility index (Phi) is 5.74. The summed E-state index contributed by atoms with van der Waals surface area (Å²) in [6, 6.07) is 8.01. The summed E-state index contributed by atoms with van der Waals surface area (Å²) < 4.78 is 38.8. The molecule has 0 fully saturated rings. The van der Waals surface area contributed by atoms with Crippen molar-refractivity contribution in [1.82, 2.24) is 4.57 Å². The predicted molar refractivity (Wildman–Crippen MR) is 83.2 cm³/mol. The number of rotatable bonds is 3. The minimum atomic E-state index is -4.67. The van der Waals surface area contributed by atoms with Crippen molar-refractivity contribution >= 4 is 27.3 Å². The third-order valence-corrected chi connectivity index (χ3v) is 2.77. The molecule has 0 radical (unpaired) electrons. The lowest BCUT2D eigenvalue weighted by Gasteiger charge is -2.02. The van der Waals surface area contributed by atoms with Crippen LogP contribution in [0.4, 0.5) is 0 Å². The smallest absolute Gasteiger partial charge is 0.394 e. The van der Waals surface area contributed by atoms with Gasteiger partial charge in [-0.2, -0.15) is 8.42 Å². The number of guanidine groups is 1. The minimum absolute atomic E-state index is 0.104. The van der Waals surface area contributed by atoms with Crippen molar-refractivity contribution in [3.05, 3.63) is 30.0 Å². The van der Waals surface area contributed by atoms with Crippen molar-refractivity contribution in [2.24, 2.45) is 23.5 Å². The van der Waals surface area contributed by atoms with Gasteiger partial charge in [0, 0.05) is 23.6 Å². The first kappa shape index (κ1) is 17.8. The Labute approximate surface area is 127 Å². The predicted octanol–water partition coefficient (Wildman–Crippen LogP) is 0.308. The fourth-order valence-electron chi connectivity index (χ4n) is 1.84. The zero-order valence-corrected chi connectivity index (χ0v) is 12.9. The van der Waals surface area contributed by atoms with Gasteiger partial charge in [-0.25, -0.2) is 4.99 Å². The summed E-state index contributed by atoms with van der Waals surface area (Å²) in [6.45, 7) is 0.482. The van der Waals surface area contributed by atoms with Gasteiger partial charge in [0.25, 0.3) is 0 Å². The highest BCUT2D eigenvalue weighted by Crippen LogP contribution is 2.24. The molecule has 22 heavy (non-hydrogen) atoms. The van der Waals surface area contributed by atoms with Gasteiger partial charge >= 0.3 is 10.4 Å². The number of nitrogens with two attached hydrogens (primary N) is 2. The largest absolute Gasteiger partial charge is 0.497 e. The Morgan fingerprint density at radius 1 is 1.32 bits per heavy atom. The van der Waals surface area contributed by atoms with E-state index in [0.717, 1.165) is 22.3 Å². The molecule has 0 aliphatic heterocycles. The summed E-state index contributed by atoms with van der Waals surface area (Å²) >= 11 is 0. The van der Waals surface area contributed by atoms with E-state index in [1.54, 1.807) is 7.11 Å². The molecule has 0 unspecified atom stereocenters. The van der Waals surface area contributed by atoms with Crippen LogP contribution in [0.3, 0.4) is 0 Å². The third-order valence-electron chi connectivity index (χ3n) is 2.77. The lowest BCUT2D eigenvalue weighted by atomic mass is 10.2. The van der Waals surface area contributed by atoms with Gasteiger partial charge in [-0.15, -0.1) is 0 Å². The molecular weight excluding hydrogens is 312 g/mol. The quantitative estimate of drug-likeness (QED) is 0.359. The molecule has 9 nitrogen and oxygen atoms in total. The van der Waals surface area contributed by atoms with Crippen LogP contribution in [0.1, 0.15) is 5.69 Å². The van der Waals surface area contributed by atoms with Gasteiger partial charge in [0.2, 0.25) is 0 Å². The van der Waals surface area contributed by atoms with Crippen LogP contribution in [0.25, 0.3) is 10.9 Å². The first-order chi connectivity index (χ1) is 10.1. The summed E-state index contributed by atoms with van der Waals surface area (Å²) in [4.78, 5) is 4.01. The van der Waals surface area contributed by atoms with Crippen LogP contribution in [0, 0.1) is 0 Å². The van der Waals surface area contributed by atoms with E-state index < -0.39 is 10.4 Å². The number of hydrogen-bond acceptors (Lipinski definition) is 4. The highest BCUT2D eigenvalue weighted by molar-refractivity contribution is 7.79. The van der Waals surface area contributed by atoms with E-state index in [0.29, 0.717) is 6.54 Å². The Hall–Kier alpha value is -2.30. The van der Waals surface area contributed by atoms with Crippen LogP contribution in [-0.2, 0) is 24.0 Å². The molecule has 10 heteroatoms. The van der Waals surface area contributed by atoms with Crippen molar-refractivity contribution in [2.75, 3.05) is 7.11 Å². The van der Waals surface area contributed by atoms with Crippen LogP contribution in [0.15, 0.2) is 29.3 Å². The van der Waals surface area contributed by atoms with Crippen molar-refractivity contribution in [1.29, 1.82) is 0 Å². The molecule has 2 rings (SSSR count). The summed E-state index contributed by atoms with van der Waals surface area (Å²) in [5.74, 6) is 0.948. The van der Waals surface area contributed by atoms with Gasteiger partial charge in [0.1, 0.15) is 5.75 Å². The SMILES string of the molecule is COc1ccc2c(c1)cc(CN=C(N)N)n2C.O=S(=O)(O)O. The lowest BCUT2D eigenvalue weighted by molar-refractivity contribution is 0.381. The fourth-order valence-corrected chi connectivity index (χ4v) is 1.84. The Balaban J connectivity index is 0.000000422. The third kappa shape index (κ3) is 5.60. The Morgan fingerprint density at radius 2 is 1.91 bits per heavy atom. The summed E-state index contributed by atoms with van der Waals surface area (Å²) in [5, 5.41) is 1.12. The summed E-state index contributed by atoms with van der Waals surface area (Å²) in [5.41, 5.74) is 12.8. The molecule has 0 atom stereocenters. The van der Waals surface area contributed by atoms with E-state index in [1.165, 1.54) is 0 Å². The number of nitrogens with zero attached hydrogens (tertiary/aromatic N) is 2. The maximum atomic E-state index is 8.74. The Morgan fingerprint density at radius 3 is 2.41 bits per heavy atom. The number of benzene rings is 1. The van der Waals surface area contributed by atoms with Crippen LogP contribution in [-0.4, -0.2) is 35.2 Å². The van der Waals surface area contributed by atoms with Gasteiger partial charge < -0.3 is 20.8 Å². The number of methoxy groups -OCH3 is 1. The second-order valence-corrected chi connectivity index (χ2v) is 5.20. The van der Waals surface area contributed by atoms with Crippen molar-refractivity contribution < 1.29 is 22.3 Å². The van der Waals surface area contributed by atoms with E-state index in [4.69, 9.17) is 33.7 Å². The molecule has 0 bridgehead atoms. The zero-order valence-electron chi connectivity index (χ0n) is 12.1. The molecule has 0 amide bonds. The van der Waals surface area contributed by atoms with Gasteiger partial charge in [0.05, 0.1) is 13.7 Å². The maximum absolute atomic E-state index is 8.74. The zero-order chi connectivity index (χ0) is 16.9. The highest BCUT2D eigenvalue weighted by atomic mass is 32.3. The molecule has 1 heterocycles. The molecule has 0 aliphatic carbocycles. The second-order valence-electron chi connectivity index (χ2n) is 4.31. The highest BCUT2D eigenvalue weighted by Gasteiger charge is 2.06. The first-order valence-corrected chi connectivity index (χ1v) is 7.39. The maximum Gasteiger partial charge on any atom is 0.394 e. The average molecular weight is 330 g/mol. The molecule has 6 N–H and O–H groups in total. The molecule has 0 saturated heterocycles. The minimum Gasteiger partial charge on any atom is -0.497 e. The standard InChI is InChI=1S/C12H16N4O.H2O4S/c1-16-9(7-15-12(13)14)5-8-6-10(17-2)3-4-11(8)16;1-5(2,3)4/h3-6H,7H2,1-2H3,(H4,13,14,15);(H2,1,2,3,4). The number of fused-ring (bicyclic) bond motifs is 1. The van der Waals surface area contributed by atoms with Gasteiger partial charge in [0.15, 0.2) is 5.96 Å². The van der Waals surface area contributed by atoms with Crippen LogP contribution in [0.5, 0.6) is 5.75 Å². The number of aryl methyl sites for hydroxylation is 1. The summed E-state index contributed by atoms with van der Waals surface area (Å²) in [6.07, 6.45) is 0. The second kappa shape index (κ2) is 7.11. The van der Waals surface area contributed by atoms with Crippen molar-refractivity contribution in [3.8, 4) is 5.75 Å². The number of aliphatic imine (C=N–C) groups is 1. The van der Waals surface area contributed by atoms with Gasteiger partial charge in [-0.3, -0.25) is 9.11 Å². The summed E-state index contributed by atoms with van der Waals surface area (Å²) in [7, 11) is -1.02. The monoisotopic (exact) mass is 330 g/mol. The number of ether oxygens (including phenoxy) is 1. The molecule has 122 valence electrons. The van der Waals surface area contributed by atoms with Gasteiger partial charge in [-0.05, 0) is 24.3 Å². The first-order valence-electron chi connectivity index (χ1n) is 5.99. The molecular formula is C12H18N4O5S. The lowest BCUT2D eigenvalue weighted by Crippen LogP contribution is -2.22. The molecule has 1 aromatic carbocycles.